The maximum absolute atomic E-state index is 13.7. The van der Waals surface area contributed by atoms with Gasteiger partial charge in [0.25, 0.3) is 15.0 Å². The predicted octanol–water partition coefficient (Wildman–Crippen LogP) is 2.81. The molecule has 0 spiro atoms. The van der Waals surface area contributed by atoms with Gasteiger partial charge in [-0.3, -0.25) is 4.79 Å². The minimum Gasteiger partial charge on any atom is -0.351 e. The van der Waals surface area contributed by atoms with E-state index in [1.165, 1.54) is 0 Å². The fraction of sp³-hybridized carbons (Fsp3) is 0.462. The molecule has 116 valence electrons. The summed E-state index contributed by atoms with van der Waals surface area (Å²) in [6.45, 7) is 2.30. The smallest absolute Gasteiger partial charge is 0.261 e. The molecule has 1 aromatic carbocycles. The van der Waals surface area contributed by atoms with Gasteiger partial charge >= 0.3 is 0 Å². The highest BCUT2D eigenvalue weighted by atomic mass is 35.7. The molecule has 1 aromatic rings. The van der Waals surface area contributed by atoms with Gasteiger partial charge in [-0.1, -0.05) is 13.3 Å². The Hall–Kier alpha value is -1.21. The quantitative estimate of drug-likeness (QED) is 0.859. The van der Waals surface area contributed by atoms with E-state index < -0.39 is 37.1 Å². The van der Waals surface area contributed by atoms with Crippen molar-refractivity contribution in [3.63, 3.8) is 0 Å². The van der Waals surface area contributed by atoms with E-state index in [0.29, 0.717) is 12.6 Å². The van der Waals surface area contributed by atoms with Crippen molar-refractivity contribution in [1.82, 2.24) is 5.32 Å². The summed E-state index contributed by atoms with van der Waals surface area (Å²) < 4.78 is 49.4. The number of halogens is 3. The Morgan fingerprint density at radius 1 is 1.38 bits per heavy atom. The van der Waals surface area contributed by atoms with Crippen LogP contribution in [-0.2, 0) is 9.05 Å². The Kier molecular flexibility index (Phi) is 4.26. The summed E-state index contributed by atoms with van der Waals surface area (Å²) in [4.78, 5) is 11.3. The summed E-state index contributed by atoms with van der Waals surface area (Å²) >= 11 is 0. The van der Waals surface area contributed by atoms with Gasteiger partial charge in [-0.2, -0.15) is 0 Å². The lowest BCUT2D eigenvalue weighted by Crippen LogP contribution is -2.40. The van der Waals surface area contributed by atoms with Crippen LogP contribution in [0.25, 0.3) is 0 Å². The third kappa shape index (κ3) is 3.52. The third-order valence-electron chi connectivity index (χ3n) is 3.76. The highest BCUT2D eigenvalue weighted by Gasteiger charge is 2.32. The number of rotatable bonds is 4. The van der Waals surface area contributed by atoms with Crippen molar-refractivity contribution in [2.24, 2.45) is 5.41 Å². The second-order valence-corrected chi connectivity index (χ2v) is 8.12. The number of amides is 1. The van der Waals surface area contributed by atoms with E-state index >= 15 is 0 Å². The van der Waals surface area contributed by atoms with Gasteiger partial charge in [-0.25, -0.2) is 17.2 Å². The minimum atomic E-state index is -4.25. The molecule has 1 fully saturated rings. The van der Waals surface area contributed by atoms with Crippen LogP contribution in [0, 0.1) is 17.0 Å². The highest BCUT2D eigenvalue weighted by molar-refractivity contribution is 8.13. The molecule has 0 aromatic heterocycles. The molecule has 1 aliphatic rings. The van der Waals surface area contributed by atoms with E-state index in [9.17, 15) is 22.0 Å². The number of benzene rings is 1. The highest BCUT2D eigenvalue weighted by Crippen LogP contribution is 2.39. The number of hydrogen-bond donors (Lipinski definition) is 1. The van der Waals surface area contributed by atoms with Crippen molar-refractivity contribution >= 4 is 25.6 Å². The molecule has 8 heteroatoms. The van der Waals surface area contributed by atoms with Crippen LogP contribution in [0.15, 0.2) is 17.0 Å². The fourth-order valence-electron chi connectivity index (χ4n) is 2.22. The zero-order chi connectivity index (χ0) is 15.8. The number of nitrogens with one attached hydrogen (secondary N) is 1. The van der Waals surface area contributed by atoms with Gasteiger partial charge in [-0.05, 0) is 30.4 Å². The fourth-order valence-corrected chi connectivity index (χ4v) is 2.99. The van der Waals surface area contributed by atoms with Crippen LogP contribution in [-0.4, -0.2) is 20.9 Å². The molecule has 0 saturated heterocycles. The molecule has 2 rings (SSSR count). The van der Waals surface area contributed by atoms with Gasteiger partial charge in [0.1, 0.15) is 0 Å². The van der Waals surface area contributed by atoms with Crippen molar-refractivity contribution in [3.05, 3.63) is 29.3 Å². The van der Waals surface area contributed by atoms with Crippen LogP contribution in [0.4, 0.5) is 8.78 Å². The van der Waals surface area contributed by atoms with Crippen molar-refractivity contribution in [2.45, 2.75) is 31.1 Å². The van der Waals surface area contributed by atoms with Crippen LogP contribution in [0.3, 0.4) is 0 Å². The molecule has 21 heavy (non-hydrogen) atoms. The molecule has 1 saturated carbocycles. The molecular weight excluding hydrogens is 324 g/mol. The zero-order valence-electron chi connectivity index (χ0n) is 11.3. The Labute approximate surface area is 125 Å². The van der Waals surface area contributed by atoms with E-state index in [2.05, 4.69) is 5.32 Å². The first kappa shape index (κ1) is 16.2. The van der Waals surface area contributed by atoms with Gasteiger partial charge in [0.2, 0.25) is 0 Å². The molecule has 0 radical (unpaired) electrons. The maximum Gasteiger partial charge on any atom is 0.261 e. The summed E-state index contributed by atoms with van der Waals surface area (Å²) in [5, 5.41) is 2.50. The number of hydrogen-bond acceptors (Lipinski definition) is 3. The lowest BCUT2D eigenvalue weighted by atomic mass is 9.70. The average molecular weight is 338 g/mol. The molecule has 4 nitrogen and oxygen atoms in total. The van der Waals surface area contributed by atoms with Crippen LogP contribution in [0.2, 0.25) is 0 Å². The molecule has 0 atom stereocenters. The third-order valence-corrected chi connectivity index (χ3v) is 5.10. The number of carbonyl (C=O) groups is 1. The van der Waals surface area contributed by atoms with Crippen LogP contribution in [0.5, 0.6) is 0 Å². The van der Waals surface area contributed by atoms with Gasteiger partial charge in [0.05, 0.1) is 10.5 Å². The van der Waals surface area contributed by atoms with Crippen molar-refractivity contribution in [1.29, 1.82) is 0 Å². The lowest BCUT2D eigenvalue weighted by Gasteiger charge is -2.38. The van der Waals surface area contributed by atoms with E-state index in [0.717, 1.165) is 25.3 Å². The Morgan fingerprint density at radius 3 is 2.48 bits per heavy atom. The van der Waals surface area contributed by atoms with E-state index in [1.54, 1.807) is 0 Å². The Balaban J connectivity index is 2.25. The Morgan fingerprint density at radius 2 is 2.00 bits per heavy atom. The minimum absolute atomic E-state index is 0.0408. The topological polar surface area (TPSA) is 63.2 Å². The molecule has 1 amide bonds. The summed E-state index contributed by atoms with van der Waals surface area (Å²) in [7, 11) is 0.843. The van der Waals surface area contributed by atoms with Gasteiger partial charge in [0.15, 0.2) is 11.6 Å². The van der Waals surface area contributed by atoms with Gasteiger partial charge < -0.3 is 5.32 Å². The lowest BCUT2D eigenvalue weighted by molar-refractivity contribution is 0.0885. The zero-order valence-corrected chi connectivity index (χ0v) is 12.8. The Bertz CT molecular complexity index is 687. The van der Waals surface area contributed by atoms with E-state index in [4.69, 9.17) is 10.7 Å². The van der Waals surface area contributed by atoms with Crippen molar-refractivity contribution in [2.75, 3.05) is 6.54 Å². The summed E-state index contributed by atoms with van der Waals surface area (Å²) in [6.07, 6.45) is 2.95. The first-order valence-electron chi connectivity index (χ1n) is 6.34. The first-order valence-corrected chi connectivity index (χ1v) is 8.65. The molecule has 1 aliphatic carbocycles. The van der Waals surface area contributed by atoms with Gasteiger partial charge in [-0.15, -0.1) is 0 Å². The van der Waals surface area contributed by atoms with Crippen LogP contribution < -0.4 is 5.32 Å². The van der Waals surface area contributed by atoms with Gasteiger partial charge in [0, 0.05) is 17.2 Å². The molecule has 1 N–H and O–H groups in total. The van der Waals surface area contributed by atoms with Crippen LogP contribution in [0.1, 0.15) is 36.5 Å². The standard InChI is InChI=1S/C13H14ClF2NO3S/c1-13(3-2-4-13)7-17-12(18)9-5-8(21(14,19)20)6-10(15)11(9)16/h5-6H,2-4,7H2,1H3,(H,17,18). The number of carbonyl (C=O) groups excluding carboxylic acids is 1. The SMILES string of the molecule is CC1(CNC(=O)c2cc(S(=O)(=O)Cl)cc(F)c2F)CCC1. The van der Waals surface area contributed by atoms with Crippen molar-refractivity contribution < 1.29 is 22.0 Å². The second kappa shape index (κ2) is 5.53. The van der Waals surface area contributed by atoms with E-state index in [-0.39, 0.29) is 5.41 Å². The average Bonchev–Trinajstić information content (AvgIpc) is 2.35. The maximum atomic E-state index is 13.7. The summed E-state index contributed by atoms with van der Waals surface area (Å²) in [5.41, 5.74) is -0.710. The molecule has 0 bridgehead atoms. The molecule has 0 unspecified atom stereocenters. The van der Waals surface area contributed by atoms with E-state index in [1.807, 2.05) is 6.92 Å². The first-order chi connectivity index (χ1) is 9.62. The summed E-state index contributed by atoms with van der Waals surface area (Å²) in [5.74, 6) is -3.69. The predicted molar refractivity (Wildman–Crippen MR) is 73.7 cm³/mol. The summed E-state index contributed by atoms with van der Waals surface area (Å²) in [6, 6.07) is 1.18. The normalized spacial score (nSPS) is 17.1. The molecular formula is C13H14ClF2NO3S. The molecule has 0 aliphatic heterocycles. The van der Waals surface area contributed by atoms with Crippen LogP contribution >= 0.6 is 10.7 Å². The van der Waals surface area contributed by atoms with Crippen molar-refractivity contribution in [3.8, 4) is 0 Å². The monoisotopic (exact) mass is 337 g/mol. The molecule has 0 heterocycles. The largest absolute Gasteiger partial charge is 0.351 e. The second-order valence-electron chi connectivity index (χ2n) is 5.55.